The summed E-state index contributed by atoms with van der Waals surface area (Å²) in [5.74, 6) is 0.710. The van der Waals surface area contributed by atoms with Crippen molar-refractivity contribution in [1.82, 2.24) is 0 Å². The molecule has 0 unspecified atom stereocenters. The fourth-order valence-corrected chi connectivity index (χ4v) is 3.86. The third-order valence-electron chi connectivity index (χ3n) is 4.36. The van der Waals surface area contributed by atoms with E-state index < -0.39 is 0 Å². The Bertz CT molecular complexity index is 334. The zero-order chi connectivity index (χ0) is 13.3. The van der Waals surface area contributed by atoms with Gasteiger partial charge < -0.3 is 0 Å². The molecule has 3 rings (SSSR count). The largest absolute Gasteiger partial charge is 0.298 e. The van der Waals surface area contributed by atoms with Gasteiger partial charge in [-0.25, -0.2) is 0 Å². The third-order valence-corrected chi connectivity index (χ3v) is 4.36. The molecule has 2 bridgehead atoms. The summed E-state index contributed by atoms with van der Waals surface area (Å²) >= 11 is 0. The van der Waals surface area contributed by atoms with Crippen LogP contribution in [-0.4, -0.2) is 11.6 Å². The van der Waals surface area contributed by atoms with Gasteiger partial charge in [-0.3, -0.25) is 9.59 Å². The van der Waals surface area contributed by atoms with E-state index in [4.69, 9.17) is 0 Å². The van der Waals surface area contributed by atoms with E-state index in [1.807, 2.05) is 41.5 Å². The van der Waals surface area contributed by atoms with Gasteiger partial charge in [0.05, 0.1) is 0 Å². The van der Waals surface area contributed by atoms with E-state index >= 15 is 0 Å². The maximum absolute atomic E-state index is 12.3. The SMILES string of the molecule is CC(C)(C)C(=O)C12CC(C(=O)C(C)(C)C)(C1)C2. The molecule has 3 aliphatic carbocycles. The predicted octanol–water partition coefficient (Wildman–Crippen LogP) is 3.39. The quantitative estimate of drug-likeness (QED) is 0.736. The summed E-state index contributed by atoms with van der Waals surface area (Å²) in [6.07, 6.45) is 2.44. The average molecular weight is 236 g/mol. The molecule has 0 N–H and O–H groups in total. The van der Waals surface area contributed by atoms with Gasteiger partial charge in [0.15, 0.2) is 0 Å². The number of ketones is 2. The Kier molecular flexibility index (Phi) is 2.27. The van der Waals surface area contributed by atoms with Gasteiger partial charge in [0.2, 0.25) is 0 Å². The zero-order valence-electron chi connectivity index (χ0n) is 11.9. The molecule has 0 aromatic heterocycles. The molecule has 96 valence electrons. The van der Waals surface area contributed by atoms with Gasteiger partial charge in [0.25, 0.3) is 0 Å². The molecule has 0 spiro atoms. The maximum Gasteiger partial charge on any atom is 0.144 e. The first-order valence-electron chi connectivity index (χ1n) is 6.53. The second-order valence-corrected chi connectivity index (χ2v) is 8.25. The summed E-state index contributed by atoms with van der Waals surface area (Å²) in [6, 6.07) is 0. The van der Waals surface area contributed by atoms with Crippen LogP contribution in [0.5, 0.6) is 0 Å². The first-order valence-corrected chi connectivity index (χ1v) is 6.53. The summed E-state index contributed by atoms with van der Waals surface area (Å²) in [4.78, 5) is 24.6. The van der Waals surface area contributed by atoms with Crippen LogP contribution in [0.4, 0.5) is 0 Å². The Balaban J connectivity index is 2.07. The van der Waals surface area contributed by atoms with Crippen molar-refractivity contribution in [2.45, 2.75) is 60.8 Å². The highest BCUT2D eigenvalue weighted by atomic mass is 16.1. The summed E-state index contributed by atoms with van der Waals surface area (Å²) in [5, 5.41) is 0. The Labute approximate surface area is 104 Å². The summed E-state index contributed by atoms with van der Waals surface area (Å²) in [7, 11) is 0. The van der Waals surface area contributed by atoms with Gasteiger partial charge in [-0.1, -0.05) is 41.5 Å². The lowest BCUT2D eigenvalue weighted by atomic mass is 9.30. The van der Waals surface area contributed by atoms with E-state index in [9.17, 15) is 9.59 Å². The number of carbonyl (C=O) groups excluding carboxylic acids is 2. The van der Waals surface area contributed by atoms with E-state index in [2.05, 4.69) is 0 Å². The second kappa shape index (κ2) is 3.02. The highest BCUT2D eigenvalue weighted by Gasteiger charge is 2.75. The van der Waals surface area contributed by atoms with E-state index in [0.29, 0.717) is 11.6 Å². The van der Waals surface area contributed by atoms with Crippen molar-refractivity contribution in [3.63, 3.8) is 0 Å². The van der Waals surface area contributed by atoms with Crippen LogP contribution in [0, 0.1) is 21.7 Å². The average Bonchev–Trinajstić information content (AvgIpc) is 1.95. The fraction of sp³-hybridized carbons (Fsp3) is 0.867. The van der Waals surface area contributed by atoms with E-state index in [0.717, 1.165) is 19.3 Å². The standard InChI is InChI=1S/C15H24O2/c1-12(2,3)10(16)14-7-15(8-14,9-14)11(17)13(4,5)6/h7-9H2,1-6H3. The first kappa shape index (κ1) is 12.8. The molecule has 2 heteroatoms. The molecule has 2 nitrogen and oxygen atoms in total. The number of rotatable bonds is 2. The van der Waals surface area contributed by atoms with Crippen LogP contribution in [0.25, 0.3) is 0 Å². The number of hydrogen-bond donors (Lipinski definition) is 0. The fourth-order valence-electron chi connectivity index (χ4n) is 3.86. The minimum absolute atomic E-state index is 0.140. The minimum atomic E-state index is -0.267. The lowest BCUT2D eigenvalue weighted by Crippen LogP contribution is -2.71. The monoisotopic (exact) mass is 236 g/mol. The lowest BCUT2D eigenvalue weighted by Gasteiger charge is -2.70. The summed E-state index contributed by atoms with van der Waals surface area (Å²) < 4.78 is 0. The molecular formula is C15H24O2. The minimum Gasteiger partial charge on any atom is -0.298 e. The molecule has 0 aromatic carbocycles. The Morgan fingerprint density at radius 2 is 0.941 bits per heavy atom. The normalized spacial score (nSPS) is 35.9. The zero-order valence-corrected chi connectivity index (χ0v) is 11.9. The molecule has 0 aliphatic heterocycles. The first-order chi connectivity index (χ1) is 7.43. The number of hydrogen-bond acceptors (Lipinski definition) is 2. The number of Topliss-reactive ketones (excluding diaryl/α,β-unsaturated/α-hetero) is 2. The van der Waals surface area contributed by atoms with Gasteiger partial charge in [-0.2, -0.15) is 0 Å². The molecule has 0 heterocycles. The Morgan fingerprint density at radius 3 is 1.12 bits per heavy atom. The van der Waals surface area contributed by atoms with Crippen LogP contribution in [0.15, 0.2) is 0 Å². The Morgan fingerprint density at radius 1 is 0.706 bits per heavy atom. The highest BCUT2D eigenvalue weighted by Crippen LogP contribution is 2.76. The van der Waals surface area contributed by atoms with Crippen molar-refractivity contribution >= 4 is 11.6 Å². The van der Waals surface area contributed by atoms with Gasteiger partial charge >= 0.3 is 0 Å². The second-order valence-electron chi connectivity index (χ2n) is 8.25. The smallest absolute Gasteiger partial charge is 0.144 e. The molecule has 17 heavy (non-hydrogen) atoms. The number of carbonyl (C=O) groups is 2. The topological polar surface area (TPSA) is 34.1 Å². The third kappa shape index (κ3) is 1.60. The van der Waals surface area contributed by atoms with E-state index in [-0.39, 0.29) is 21.7 Å². The molecule has 0 radical (unpaired) electrons. The maximum atomic E-state index is 12.3. The van der Waals surface area contributed by atoms with Crippen LogP contribution in [0.1, 0.15) is 60.8 Å². The van der Waals surface area contributed by atoms with Crippen LogP contribution in [0.2, 0.25) is 0 Å². The molecule has 3 saturated carbocycles. The van der Waals surface area contributed by atoms with Gasteiger partial charge in [-0.05, 0) is 19.3 Å². The molecule has 0 atom stereocenters. The summed E-state index contributed by atoms with van der Waals surface area (Å²) in [6.45, 7) is 11.9. The lowest BCUT2D eigenvalue weighted by molar-refractivity contribution is -0.215. The van der Waals surface area contributed by atoms with Crippen LogP contribution >= 0.6 is 0 Å². The van der Waals surface area contributed by atoms with Crippen molar-refractivity contribution < 1.29 is 9.59 Å². The summed E-state index contributed by atoms with van der Waals surface area (Å²) in [5.41, 5.74) is -0.812. The van der Waals surface area contributed by atoms with E-state index in [1.54, 1.807) is 0 Å². The van der Waals surface area contributed by atoms with E-state index in [1.165, 1.54) is 0 Å². The molecule has 3 fully saturated rings. The van der Waals surface area contributed by atoms with Crippen molar-refractivity contribution in [3.05, 3.63) is 0 Å². The Hall–Kier alpha value is -0.660. The van der Waals surface area contributed by atoms with Crippen molar-refractivity contribution in [2.24, 2.45) is 21.7 Å². The van der Waals surface area contributed by atoms with Crippen LogP contribution in [0.3, 0.4) is 0 Å². The van der Waals surface area contributed by atoms with Crippen LogP contribution < -0.4 is 0 Å². The predicted molar refractivity (Wildman–Crippen MR) is 67.6 cm³/mol. The van der Waals surface area contributed by atoms with Crippen molar-refractivity contribution in [1.29, 1.82) is 0 Å². The molecular weight excluding hydrogens is 212 g/mol. The van der Waals surface area contributed by atoms with Crippen LogP contribution in [-0.2, 0) is 9.59 Å². The van der Waals surface area contributed by atoms with Crippen molar-refractivity contribution in [3.8, 4) is 0 Å². The molecule has 0 saturated heterocycles. The van der Waals surface area contributed by atoms with Crippen molar-refractivity contribution in [2.75, 3.05) is 0 Å². The van der Waals surface area contributed by atoms with Gasteiger partial charge in [-0.15, -0.1) is 0 Å². The molecule has 0 amide bonds. The van der Waals surface area contributed by atoms with Gasteiger partial charge in [0.1, 0.15) is 11.6 Å². The molecule has 3 aliphatic rings. The highest BCUT2D eigenvalue weighted by molar-refractivity contribution is 6.01. The van der Waals surface area contributed by atoms with Gasteiger partial charge in [0, 0.05) is 21.7 Å². The molecule has 0 aromatic rings.